The van der Waals surface area contributed by atoms with E-state index >= 15 is 0 Å². The molecule has 220 valence electrons. The summed E-state index contributed by atoms with van der Waals surface area (Å²) in [4.78, 5) is 29.1. The molecule has 0 aliphatic heterocycles. The van der Waals surface area contributed by atoms with Crippen LogP contribution in [0.25, 0.3) is 0 Å². The Hall–Kier alpha value is -3.56. The van der Waals surface area contributed by atoms with Crippen molar-refractivity contribution in [1.29, 1.82) is 0 Å². The molecule has 0 saturated heterocycles. The third-order valence-corrected chi connectivity index (χ3v) is 8.85. The van der Waals surface area contributed by atoms with Crippen LogP contribution in [0.2, 0.25) is 5.02 Å². The van der Waals surface area contributed by atoms with Crippen LogP contribution in [0.1, 0.15) is 44.7 Å². The molecule has 3 rings (SSSR count). The highest BCUT2D eigenvalue weighted by Crippen LogP contribution is 2.35. The maximum absolute atomic E-state index is 14.2. The molecular weight excluding hydrogens is 562 g/mol. The molecule has 0 bridgehead atoms. The van der Waals surface area contributed by atoms with Crippen molar-refractivity contribution in [2.45, 2.75) is 64.1 Å². The topological polar surface area (TPSA) is 96.0 Å². The maximum atomic E-state index is 14.2. The van der Waals surface area contributed by atoms with E-state index in [-0.39, 0.29) is 39.8 Å². The zero-order valence-corrected chi connectivity index (χ0v) is 25.7. The lowest BCUT2D eigenvalue weighted by Gasteiger charge is -2.34. The molecule has 0 radical (unpaired) electrons. The number of anilines is 1. The van der Waals surface area contributed by atoms with E-state index in [1.165, 1.54) is 30.2 Å². The molecule has 10 heteroatoms. The van der Waals surface area contributed by atoms with E-state index in [1.807, 2.05) is 52.0 Å². The summed E-state index contributed by atoms with van der Waals surface area (Å²) in [6.07, 6.45) is 1.07. The number of aryl methyl sites for hydroxylation is 1. The number of carbonyl (C=O) groups is 2. The molecule has 8 nitrogen and oxygen atoms in total. The van der Waals surface area contributed by atoms with Crippen LogP contribution in [0.3, 0.4) is 0 Å². The van der Waals surface area contributed by atoms with Gasteiger partial charge < -0.3 is 15.0 Å². The average molecular weight is 600 g/mol. The molecule has 41 heavy (non-hydrogen) atoms. The Morgan fingerprint density at radius 2 is 1.68 bits per heavy atom. The molecule has 0 spiro atoms. The second-order valence-electron chi connectivity index (χ2n) is 9.89. The first-order valence-corrected chi connectivity index (χ1v) is 15.4. The van der Waals surface area contributed by atoms with Gasteiger partial charge in [-0.05, 0) is 62.6 Å². The molecule has 0 aliphatic carbocycles. The highest BCUT2D eigenvalue weighted by atomic mass is 35.5. The summed E-state index contributed by atoms with van der Waals surface area (Å²) in [5.74, 6) is -0.603. The monoisotopic (exact) mass is 599 g/mol. The number of nitrogens with one attached hydrogen (secondary N) is 1. The minimum absolute atomic E-state index is 0.00150. The summed E-state index contributed by atoms with van der Waals surface area (Å²) in [5, 5.41) is 3.25. The summed E-state index contributed by atoms with van der Waals surface area (Å²) in [6.45, 7) is 7.19. The number of amides is 2. The number of rotatable bonds is 13. The predicted molar refractivity (Wildman–Crippen MR) is 163 cm³/mol. The first-order chi connectivity index (χ1) is 19.5. The minimum atomic E-state index is -4.24. The van der Waals surface area contributed by atoms with Crippen LogP contribution < -0.4 is 14.4 Å². The van der Waals surface area contributed by atoms with Crippen molar-refractivity contribution in [3.8, 4) is 5.75 Å². The van der Waals surface area contributed by atoms with Crippen molar-refractivity contribution in [2.24, 2.45) is 0 Å². The molecule has 0 fully saturated rings. The Balaban J connectivity index is 2.12. The molecular formula is C31H38ClN3O5S. The minimum Gasteiger partial charge on any atom is -0.495 e. The second kappa shape index (κ2) is 14.4. The Morgan fingerprint density at radius 3 is 2.29 bits per heavy atom. The molecule has 1 N–H and O–H groups in total. The lowest BCUT2D eigenvalue weighted by molar-refractivity contribution is -0.140. The largest absolute Gasteiger partial charge is 0.495 e. The number of hydrogen-bond acceptors (Lipinski definition) is 5. The van der Waals surface area contributed by atoms with Gasteiger partial charge in [-0.15, -0.1) is 0 Å². The maximum Gasteiger partial charge on any atom is 0.264 e. The van der Waals surface area contributed by atoms with Gasteiger partial charge in [0.15, 0.2) is 0 Å². The van der Waals surface area contributed by atoms with E-state index in [2.05, 4.69) is 5.32 Å². The second-order valence-corrected chi connectivity index (χ2v) is 12.2. The summed E-state index contributed by atoms with van der Waals surface area (Å²) in [6, 6.07) is 19.2. The van der Waals surface area contributed by atoms with Crippen molar-refractivity contribution >= 4 is 39.1 Å². The fraction of sp³-hybridized carbons (Fsp3) is 0.355. The van der Waals surface area contributed by atoms with Gasteiger partial charge in [-0.25, -0.2) is 8.42 Å². The van der Waals surface area contributed by atoms with Gasteiger partial charge >= 0.3 is 0 Å². The predicted octanol–water partition coefficient (Wildman–Crippen LogP) is 5.57. The normalized spacial score (nSPS) is 12.7. The molecule has 3 aromatic carbocycles. The zero-order valence-electron chi connectivity index (χ0n) is 24.1. The highest BCUT2D eigenvalue weighted by Gasteiger charge is 2.35. The van der Waals surface area contributed by atoms with Gasteiger partial charge in [0.05, 0.1) is 17.7 Å². The SMILES string of the molecule is CCC(C)NC(=O)C(CC)N(Cc1cccc(C)c1)C(=O)CN(c1cc(Cl)ccc1OC)S(=O)(=O)c1ccccc1. The third-order valence-electron chi connectivity index (χ3n) is 6.84. The van der Waals surface area contributed by atoms with E-state index in [0.29, 0.717) is 6.42 Å². The van der Waals surface area contributed by atoms with Crippen LogP contribution >= 0.6 is 11.6 Å². The summed E-state index contributed by atoms with van der Waals surface area (Å²) in [5.41, 5.74) is 1.94. The van der Waals surface area contributed by atoms with E-state index in [1.54, 1.807) is 30.3 Å². The van der Waals surface area contributed by atoms with Crippen molar-refractivity contribution < 1.29 is 22.7 Å². The number of carbonyl (C=O) groups excluding carboxylic acids is 2. The first kappa shape index (κ1) is 32.0. The molecule has 0 aliphatic rings. The number of methoxy groups -OCH3 is 1. The van der Waals surface area contributed by atoms with E-state index in [0.717, 1.165) is 21.9 Å². The Labute approximate surface area is 248 Å². The van der Waals surface area contributed by atoms with Crippen LogP contribution in [0.4, 0.5) is 5.69 Å². The molecule has 2 amide bonds. The third kappa shape index (κ3) is 8.01. The number of benzene rings is 3. The Morgan fingerprint density at radius 1 is 0.976 bits per heavy atom. The van der Waals surface area contributed by atoms with Crippen LogP contribution in [0, 0.1) is 6.92 Å². The number of halogens is 1. The van der Waals surface area contributed by atoms with E-state index in [4.69, 9.17) is 16.3 Å². The van der Waals surface area contributed by atoms with Gasteiger partial charge in [-0.1, -0.05) is 73.5 Å². The summed E-state index contributed by atoms with van der Waals surface area (Å²) < 4.78 is 34.5. The highest BCUT2D eigenvalue weighted by molar-refractivity contribution is 7.92. The van der Waals surface area contributed by atoms with Gasteiger partial charge in [-0.2, -0.15) is 0 Å². The number of nitrogens with zero attached hydrogens (tertiary/aromatic N) is 2. The van der Waals surface area contributed by atoms with Crippen molar-refractivity contribution in [3.05, 3.63) is 88.9 Å². The summed E-state index contributed by atoms with van der Waals surface area (Å²) in [7, 11) is -2.83. The van der Waals surface area contributed by atoms with E-state index < -0.39 is 28.5 Å². The molecule has 0 aromatic heterocycles. The average Bonchev–Trinajstić information content (AvgIpc) is 2.96. The van der Waals surface area contributed by atoms with Crippen LogP contribution in [-0.4, -0.2) is 50.9 Å². The van der Waals surface area contributed by atoms with Crippen molar-refractivity contribution in [1.82, 2.24) is 10.2 Å². The van der Waals surface area contributed by atoms with Crippen molar-refractivity contribution in [2.75, 3.05) is 18.0 Å². The quantitative estimate of drug-likeness (QED) is 0.277. The van der Waals surface area contributed by atoms with Gasteiger partial charge in [-0.3, -0.25) is 13.9 Å². The molecule has 2 unspecified atom stereocenters. The first-order valence-electron chi connectivity index (χ1n) is 13.6. The fourth-order valence-electron chi connectivity index (χ4n) is 4.46. The van der Waals surface area contributed by atoms with Crippen LogP contribution in [-0.2, 0) is 26.2 Å². The van der Waals surface area contributed by atoms with Gasteiger partial charge in [0.1, 0.15) is 18.3 Å². The molecule has 0 heterocycles. The fourth-order valence-corrected chi connectivity index (χ4v) is 6.06. The Bertz CT molecular complexity index is 1450. The van der Waals surface area contributed by atoms with Gasteiger partial charge in [0.25, 0.3) is 10.0 Å². The lowest BCUT2D eigenvalue weighted by atomic mass is 10.1. The Kier molecular flexibility index (Phi) is 11.2. The van der Waals surface area contributed by atoms with Crippen LogP contribution in [0.15, 0.2) is 77.7 Å². The number of sulfonamides is 1. The van der Waals surface area contributed by atoms with Gasteiger partial charge in [0.2, 0.25) is 11.8 Å². The lowest BCUT2D eigenvalue weighted by Crippen LogP contribution is -2.53. The van der Waals surface area contributed by atoms with E-state index in [9.17, 15) is 18.0 Å². The van der Waals surface area contributed by atoms with Crippen LogP contribution in [0.5, 0.6) is 5.75 Å². The number of hydrogen-bond donors (Lipinski definition) is 1. The van der Waals surface area contributed by atoms with Gasteiger partial charge in [0, 0.05) is 17.6 Å². The standard InChI is InChI=1S/C31H38ClN3O5S/c1-6-23(4)33-31(37)27(7-2)34(20-24-13-11-12-22(3)18-24)30(36)21-35(28-19-25(32)16-17-29(28)40-5)41(38,39)26-14-9-8-10-15-26/h8-19,23,27H,6-7,20-21H2,1-5H3,(H,33,37). The molecule has 2 atom stereocenters. The molecule has 3 aromatic rings. The zero-order chi connectivity index (χ0) is 30.2. The number of ether oxygens (including phenoxy) is 1. The van der Waals surface area contributed by atoms with Crippen molar-refractivity contribution in [3.63, 3.8) is 0 Å². The smallest absolute Gasteiger partial charge is 0.264 e. The molecule has 0 saturated carbocycles. The summed E-state index contributed by atoms with van der Waals surface area (Å²) >= 11 is 6.29.